The van der Waals surface area contributed by atoms with Crippen LogP contribution in [0.4, 0.5) is 16.2 Å². The lowest BCUT2D eigenvalue weighted by Crippen LogP contribution is -2.45. The number of anilines is 2. The second-order valence-electron chi connectivity index (χ2n) is 8.17. The molecule has 0 bridgehead atoms. The first-order chi connectivity index (χ1) is 16.9. The summed E-state index contributed by atoms with van der Waals surface area (Å²) in [6.07, 6.45) is 5.48. The van der Waals surface area contributed by atoms with E-state index < -0.39 is 12.1 Å². The molecule has 0 unspecified atom stereocenters. The molecule has 0 spiro atoms. The van der Waals surface area contributed by atoms with Gasteiger partial charge in [0.2, 0.25) is 5.91 Å². The van der Waals surface area contributed by atoms with Crippen molar-refractivity contribution in [3.05, 3.63) is 82.3 Å². The topological polar surface area (TPSA) is 106 Å². The maximum Gasteiger partial charge on any atom is 0.322 e. The zero-order chi connectivity index (χ0) is 24.9. The lowest BCUT2D eigenvalue weighted by atomic mass is 10.1. The number of benzene rings is 2. The van der Waals surface area contributed by atoms with Crippen molar-refractivity contribution in [3.63, 3.8) is 0 Å². The molecular weight excluding hydrogens is 446 g/mol. The molecule has 2 heterocycles. The highest BCUT2D eigenvalue weighted by Crippen LogP contribution is 2.23. The minimum atomic E-state index is -0.717. The molecule has 0 saturated carbocycles. The smallest absolute Gasteiger partial charge is 0.322 e. The Morgan fingerprint density at radius 3 is 2.34 bits per heavy atom. The van der Waals surface area contributed by atoms with E-state index in [-0.39, 0.29) is 24.1 Å². The van der Waals surface area contributed by atoms with E-state index in [9.17, 15) is 14.4 Å². The second-order valence-corrected chi connectivity index (χ2v) is 8.17. The van der Waals surface area contributed by atoms with Crippen molar-refractivity contribution < 1.29 is 14.3 Å². The fourth-order valence-corrected chi connectivity index (χ4v) is 3.89. The third-order valence-corrected chi connectivity index (χ3v) is 5.78. The van der Waals surface area contributed by atoms with Crippen LogP contribution in [0.1, 0.15) is 17.7 Å². The summed E-state index contributed by atoms with van der Waals surface area (Å²) in [5, 5.41) is 9.89. The van der Waals surface area contributed by atoms with E-state index in [0.29, 0.717) is 34.7 Å². The molecule has 1 aliphatic rings. The number of terminal acetylenes is 1. The predicted molar refractivity (Wildman–Crippen MR) is 133 cm³/mol. The van der Waals surface area contributed by atoms with Crippen LogP contribution in [0, 0.1) is 19.3 Å². The molecule has 3 aromatic rings. The normalized spacial score (nSPS) is 17.0. The van der Waals surface area contributed by atoms with Crippen LogP contribution in [0.5, 0.6) is 0 Å². The monoisotopic (exact) mass is 471 g/mol. The second kappa shape index (κ2) is 10.2. The molecule has 0 radical (unpaired) electrons. The lowest BCUT2D eigenvalue weighted by Gasteiger charge is -2.24. The first-order valence-corrected chi connectivity index (χ1v) is 11.0. The maximum atomic E-state index is 13.1. The van der Waals surface area contributed by atoms with Crippen molar-refractivity contribution in [2.24, 2.45) is 0 Å². The number of hydrogen-bond donors (Lipinski definition) is 2. The number of carbonyl (C=O) groups excluding carboxylic acids is 2. The molecule has 2 N–H and O–H groups in total. The van der Waals surface area contributed by atoms with Gasteiger partial charge in [0, 0.05) is 43.1 Å². The number of aryl methyl sites for hydroxylation is 1. The van der Waals surface area contributed by atoms with Gasteiger partial charge >= 0.3 is 6.03 Å². The highest BCUT2D eigenvalue weighted by atomic mass is 16.5. The average molecular weight is 472 g/mol. The van der Waals surface area contributed by atoms with Crippen LogP contribution in [0.15, 0.2) is 65.5 Å². The third-order valence-electron chi connectivity index (χ3n) is 5.78. The molecule has 0 aliphatic carbocycles. The van der Waals surface area contributed by atoms with E-state index in [4.69, 9.17) is 11.2 Å². The Labute approximate surface area is 202 Å². The summed E-state index contributed by atoms with van der Waals surface area (Å²) in [6, 6.07) is 15.6. The maximum absolute atomic E-state index is 13.1. The van der Waals surface area contributed by atoms with Gasteiger partial charge in [-0.2, -0.15) is 9.78 Å². The Morgan fingerprint density at radius 2 is 1.69 bits per heavy atom. The minimum absolute atomic E-state index is 0.250. The van der Waals surface area contributed by atoms with Gasteiger partial charge in [0.1, 0.15) is 6.04 Å². The fraction of sp³-hybridized carbons (Fsp3) is 0.231. The summed E-state index contributed by atoms with van der Waals surface area (Å²) >= 11 is 0. The van der Waals surface area contributed by atoms with E-state index in [1.54, 1.807) is 68.6 Å². The van der Waals surface area contributed by atoms with E-state index >= 15 is 0 Å². The number of amides is 3. The van der Waals surface area contributed by atoms with Gasteiger partial charge in [-0.05, 0) is 61.5 Å². The fourth-order valence-electron chi connectivity index (χ4n) is 3.89. The number of nitrogens with one attached hydrogen (secondary N) is 2. The Bertz CT molecular complexity index is 1330. The van der Waals surface area contributed by atoms with Crippen molar-refractivity contribution in [1.29, 1.82) is 0 Å². The van der Waals surface area contributed by atoms with Crippen molar-refractivity contribution in [2.75, 3.05) is 24.3 Å². The molecule has 2 atom stereocenters. The van der Waals surface area contributed by atoms with Gasteiger partial charge in [-0.3, -0.25) is 9.59 Å². The summed E-state index contributed by atoms with van der Waals surface area (Å²) in [5.74, 6) is 2.19. The van der Waals surface area contributed by atoms with Crippen molar-refractivity contribution in [3.8, 4) is 18.0 Å². The quantitative estimate of drug-likeness (QED) is 0.557. The number of carbonyl (C=O) groups is 2. The Balaban J connectivity index is 1.46. The number of ether oxygens (including phenoxy) is 1. The third kappa shape index (κ3) is 5.39. The highest BCUT2D eigenvalue weighted by Gasteiger charge is 2.40. The highest BCUT2D eigenvalue weighted by molar-refractivity contribution is 5.99. The summed E-state index contributed by atoms with van der Waals surface area (Å²) < 4.78 is 6.72. The van der Waals surface area contributed by atoms with Crippen LogP contribution in [-0.2, 0) is 9.53 Å². The molecule has 4 rings (SSSR count). The zero-order valence-electron chi connectivity index (χ0n) is 19.4. The Kier molecular flexibility index (Phi) is 6.94. The Morgan fingerprint density at radius 1 is 1.03 bits per heavy atom. The molecule has 1 aliphatic heterocycles. The van der Waals surface area contributed by atoms with Gasteiger partial charge in [0.05, 0.1) is 17.5 Å². The molecular formula is C26H25N5O4. The van der Waals surface area contributed by atoms with Crippen LogP contribution in [0.25, 0.3) is 5.69 Å². The van der Waals surface area contributed by atoms with Gasteiger partial charge < -0.3 is 20.3 Å². The number of nitrogens with zero attached hydrogens (tertiary/aromatic N) is 3. The van der Waals surface area contributed by atoms with Crippen LogP contribution in [0.2, 0.25) is 0 Å². The largest absolute Gasteiger partial charge is 0.380 e. The standard InChI is InChI=1S/C26H25N5O4/c1-4-18-6-8-20(9-7-18)28-26(34)30-16-22(35-3)15-23(30)25(33)27-19-10-12-21(13-11-19)31-24(32)14-5-17(2)29-31/h1,5-14,22-23H,15-16H2,2-3H3,(H,27,33)(H,28,34)/t22-,23-/m1/s1. The first kappa shape index (κ1) is 23.7. The van der Waals surface area contributed by atoms with Crippen molar-refractivity contribution in [1.82, 2.24) is 14.7 Å². The molecule has 35 heavy (non-hydrogen) atoms. The molecule has 1 fully saturated rings. The molecule has 178 valence electrons. The van der Waals surface area contributed by atoms with Crippen molar-refractivity contribution in [2.45, 2.75) is 25.5 Å². The van der Waals surface area contributed by atoms with Gasteiger partial charge in [-0.15, -0.1) is 6.42 Å². The molecule has 2 aromatic carbocycles. The summed E-state index contributed by atoms with van der Waals surface area (Å²) in [7, 11) is 1.56. The number of methoxy groups -OCH3 is 1. The van der Waals surface area contributed by atoms with E-state index in [0.717, 1.165) is 0 Å². The molecule has 9 heteroatoms. The molecule has 1 saturated heterocycles. The molecule has 3 amide bonds. The first-order valence-electron chi connectivity index (χ1n) is 11.0. The molecule has 1 aromatic heterocycles. The SMILES string of the molecule is C#Cc1ccc(NC(=O)N2C[C@H](OC)C[C@@H]2C(=O)Nc2ccc(-n3nc(C)ccc3=O)cc2)cc1. The zero-order valence-corrected chi connectivity index (χ0v) is 19.4. The van der Waals surface area contributed by atoms with E-state index in [1.807, 2.05) is 0 Å². The van der Waals surface area contributed by atoms with Gasteiger partial charge in [-0.25, -0.2) is 4.79 Å². The van der Waals surface area contributed by atoms with Crippen LogP contribution in [-0.4, -0.2) is 52.4 Å². The predicted octanol–water partition coefficient (Wildman–Crippen LogP) is 2.78. The Hall–Kier alpha value is -4.42. The lowest BCUT2D eigenvalue weighted by molar-refractivity contribution is -0.119. The molecule has 9 nitrogen and oxygen atoms in total. The number of hydrogen-bond acceptors (Lipinski definition) is 5. The number of rotatable bonds is 5. The summed E-state index contributed by atoms with van der Waals surface area (Å²) in [6.45, 7) is 2.08. The van der Waals surface area contributed by atoms with Crippen LogP contribution >= 0.6 is 0 Å². The summed E-state index contributed by atoms with van der Waals surface area (Å²) in [4.78, 5) is 39.6. The number of urea groups is 1. The van der Waals surface area contributed by atoms with Crippen LogP contribution in [0.3, 0.4) is 0 Å². The number of likely N-dealkylation sites (tertiary alicyclic amines) is 1. The minimum Gasteiger partial charge on any atom is -0.380 e. The average Bonchev–Trinajstić information content (AvgIpc) is 3.32. The van der Waals surface area contributed by atoms with Gasteiger partial charge in [0.15, 0.2) is 0 Å². The van der Waals surface area contributed by atoms with E-state index in [2.05, 4.69) is 21.7 Å². The number of aromatic nitrogens is 2. The van der Waals surface area contributed by atoms with Gasteiger partial charge in [-0.1, -0.05) is 5.92 Å². The van der Waals surface area contributed by atoms with E-state index in [1.165, 1.54) is 15.6 Å². The van der Waals surface area contributed by atoms with Crippen LogP contribution < -0.4 is 16.2 Å². The van der Waals surface area contributed by atoms with Gasteiger partial charge in [0.25, 0.3) is 5.56 Å². The van der Waals surface area contributed by atoms with Crippen molar-refractivity contribution >= 4 is 23.3 Å². The summed E-state index contributed by atoms with van der Waals surface area (Å²) in [5.41, 5.74) is 2.85.